The number of phenolic OH excluding ortho intramolecular Hbond substituents is 1. The Morgan fingerprint density at radius 3 is 2.54 bits per heavy atom. The minimum atomic E-state index is -3.47. The molecule has 2 aromatic carbocycles. The second kappa shape index (κ2) is 8.10. The van der Waals surface area contributed by atoms with Crippen LogP contribution in [0.2, 0.25) is 0 Å². The van der Waals surface area contributed by atoms with Gasteiger partial charge >= 0.3 is 0 Å². The van der Waals surface area contributed by atoms with Gasteiger partial charge < -0.3 is 15.2 Å². The summed E-state index contributed by atoms with van der Waals surface area (Å²) in [5.74, 6) is 0.196. The lowest BCUT2D eigenvalue weighted by Gasteiger charge is -2.11. The van der Waals surface area contributed by atoms with E-state index in [1.54, 1.807) is 48.8 Å². The maximum absolute atomic E-state index is 12.6. The van der Waals surface area contributed by atoms with Gasteiger partial charge in [-0.3, -0.25) is 9.78 Å². The number of hydrogen-bond acceptors (Lipinski definition) is 6. The van der Waals surface area contributed by atoms with Crippen LogP contribution in [0.4, 0.5) is 5.69 Å². The number of nitrogens with zero attached hydrogens (tertiary/aromatic N) is 1. The number of carbonyl (C=O) groups is 1. The topological polar surface area (TPSA) is 106 Å². The average Bonchev–Trinajstić information content (AvgIpc) is 2.70. The van der Waals surface area contributed by atoms with Crippen molar-refractivity contribution in [3.8, 4) is 17.2 Å². The van der Waals surface area contributed by atoms with Crippen molar-refractivity contribution in [1.29, 1.82) is 0 Å². The number of carbonyl (C=O) groups excluding carboxylic acids is 1. The van der Waals surface area contributed by atoms with Crippen molar-refractivity contribution in [3.63, 3.8) is 0 Å². The van der Waals surface area contributed by atoms with Gasteiger partial charge in [-0.1, -0.05) is 13.0 Å². The first-order valence-corrected chi connectivity index (χ1v) is 10.1. The molecule has 8 heteroatoms. The molecule has 3 rings (SSSR count). The average molecular weight is 398 g/mol. The molecule has 0 saturated heterocycles. The highest BCUT2D eigenvalue weighted by molar-refractivity contribution is 7.91. The lowest BCUT2D eigenvalue weighted by atomic mass is 10.2. The SMILES string of the molecule is CCS(=O)(=O)c1ccc(O)c(NC(=O)c2cccc(Oc3ccncc3)c2)c1. The number of pyridine rings is 1. The van der Waals surface area contributed by atoms with Gasteiger partial charge in [0.05, 0.1) is 16.3 Å². The molecular weight excluding hydrogens is 380 g/mol. The van der Waals surface area contributed by atoms with Crippen LogP contribution in [0.1, 0.15) is 17.3 Å². The van der Waals surface area contributed by atoms with Gasteiger partial charge in [-0.25, -0.2) is 8.42 Å². The third-order valence-corrected chi connectivity index (χ3v) is 5.67. The van der Waals surface area contributed by atoms with Gasteiger partial charge in [0.15, 0.2) is 9.84 Å². The van der Waals surface area contributed by atoms with Gasteiger partial charge in [0.1, 0.15) is 17.2 Å². The highest BCUT2D eigenvalue weighted by Gasteiger charge is 2.16. The summed E-state index contributed by atoms with van der Waals surface area (Å²) in [6, 6.07) is 13.6. The number of aromatic nitrogens is 1. The summed E-state index contributed by atoms with van der Waals surface area (Å²) in [4.78, 5) is 16.5. The summed E-state index contributed by atoms with van der Waals surface area (Å²) in [7, 11) is -3.47. The van der Waals surface area contributed by atoms with Crippen molar-refractivity contribution in [1.82, 2.24) is 4.98 Å². The third kappa shape index (κ3) is 4.47. The Morgan fingerprint density at radius 1 is 1.07 bits per heavy atom. The fourth-order valence-corrected chi connectivity index (χ4v) is 3.32. The monoisotopic (exact) mass is 398 g/mol. The number of hydrogen-bond donors (Lipinski definition) is 2. The first kappa shape index (κ1) is 19.4. The summed E-state index contributed by atoms with van der Waals surface area (Å²) < 4.78 is 29.7. The lowest BCUT2D eigenvalue weighted by Crippen LogP contribution is -2.13. The molecule has 0 aliphatic carbocycles. The molecule has 0 radical (unpaired) electrons. The zero-order chi connectivity index (χ0) is 20.1. The maximum atomic E-state index is 12.6. The molecule has 7 nitrogen and oxygen atoms in total. The number of rotatable bonds is 6. The molecular formula is C20H18N2O5S. The Morgan fingerprint density at radius 2 is 1.82 bits per heavy atom. The molecule has 0 spiro atoms. The third-order valence-electron chi connectivity index (χ3n) is 3.94. The van der Waals surface area contributed by atoms with E-state index >= 15 is 0 Å². The highest BCUT2D eigenvalue weighted by atomic mass is 32.2. The Balaban J connectivity index is 1.82. The molecule has 0 aliphatic rings. The van der Waals surface area contributed by atoms with Crippen molar-refractivity contribution >= 4 is 21.4 Å². The first-order valence-electron chi connectivity index (χ1n) is 8.44. The van der Waals surface area contributed by atoms with Gasteiger partial charge in [-0.05, 0) is 48.5 Å². The predicted molar refractivity (Wildman–Crippen MR) is 105 cm³/mol. The van der Waals surface area contributed by atoms with Crippen LogP contribution < -0.4 is 10.1 Å². The van der Waals surface area contributed by atoms with E-state index in [1.807, 2.05) is 0 Å². The van der Waals surface area contributed by atoms with Crippen molar-refractivity contribution in [2.75, 3.05) is 11.1 Å². The van der Waals surface area contributed by atoms with E-state index in [4.69, 9.17) is 4.74 Å². The number of sulfone groups is 1. The molecule has 0 atom stereocenters. The van der Waals surface area contributed by atoms with Crippen LogP contribution in [0.15, 0.2) is 71.9 Å². The van der Waals surface area contributed by atoms with Crippen LogP contribution in [-0.4, -0.2) is 30.2 Å². The van der Waals surface area contributed by atoms with Crippen molar-refractivity contribution in [3.05, 3.63) is 72.6 Å². The Hall–Kier alpha value is -3.39. The van der Waals surface area contributed by atoms with Gasteiger partial charge in [0.2, 0.25) is 0 Å². The van der Waals surface area contributed by atoms with Crippen molar-refractivity contribution in [2.45, 2.75) is 11.8 Å². The number of anilines is 1. The molecule has 2 N–H and O–H groups in total. The van der Waals surface area contributed by atoms with Crippen LogP contribution in [0, 0.1) is 0 Å². The fraction of sp³-hybridized carbons (Fsp3) is 0.100. The first-order chi connectivity index (χ1) is 13.4. The number of ether oxygens (including phenoxy) is 1. The van der Waals surface area contributed by atoms with Gasteiger partial charge in [-0.15, -0.1) is 0 Å². The summed E-state index contributed by atoms with van der Waals surface area (Å²) in [6.07, 6.45) is 3.18. The van der Waals surface area contributed by atoms with Crippen molar-refractivity contribution in [2.24, 2.45) is 0 Å². The summed E-state index contributed by atoms with van der Waals surface area (Å²) in [6.45, 7) is 1.52. The zero-order valence-corrected chi connectivity index (χ0v) is 15.8. The largest absolute Gasteiger partial charge is 0.506 e. The van der Waals surface area contributed by atoms with E-state index in [2.05, 4.69) is 10.3 Å². The minimum Gasteiger partial charge on any atom is -0.506 e. The molecule has 144 valence electrons. The predicted octanol–water partition coefficient (Wildman–Crippen LogP) is 3.63. The molecule has 3 aromatic rings. The quantitative estimate of drug-likeness (QED) is 0.614. The minimum absolute atomic E-state index is 0.0139. The van der Waals surface area contributed by atoms with Gasteiger partial charge in [0.25, 0.3) is 5.91 Å². The fourth-order valence-electron chi connectivity index (χ4n) is 2.41. The van der Waals surface area contributed by atoms with Crippen LogP contribution in [0.3, 0.4) is 0 Å². The molecule has 0 unspecified atom stereocenters. The van der Waals surface area contributed by atoms with Gasteiger partial charge in [0, 0.05) is 18.0 Å². The molecule has 1 heterocycles. The number of phenols is 1. The summed E-state index contributed by atoms with van der Waals surface area (Å²) >= 11 is 0. The molecule has 0 saturated carbocycles. The maximum Gasteiger partial charge on any atom is 0.255 e. The Labute approximate surface area is 162 Å². The molecule has 1 aromatic heterocycles. The van der Waals surface area contributed by atoms with E-state index in [9.17, 15) is 18.3 Å². The zero-order valence-electron chi connectivity index (χ0n) is 15.0. The second-order valence-corrected chi connectivity index (χ2v) is 8.13. The molecule has 0 fully saturated rings. The van der Waals surface area contributed by atoms with Crippen LogP contribution in [-0.2, 0) is 9.84 Å². The number of benzene rings is 2. The van der Waals surface area contributed by atoms with E-state index in [1.165, 1.54) is 25.1 Å². The number of aromatic hydroxyl groups is 1. The molecule has 28 heavy (non-hydrogen) atoms. The lowest BCUT2D eigenvalue weighted by molar-refractivity contribution is 0.102. The van der Waals surface area contributed by atoms with Crippen LogP contribution in [0.25, 0.3) is 0 Å². The van der Waals surface area contributed by atoms with Crippen molar-refractivity contribution < 1.29 is 23.1 Å². The number of amides is 1. The van der Waals surface area contributed by atoms with Gasteiger partial charge in [-0.2, -0.15) is 0 Å². The van der Waals surface area contributed by atoms with E-state index in [-0.39, 0.29) is 27.6 Å². The molecule has 0 aliphatic heterocycles. The molecule has 1 amide bonds. The van der Waals surface area contributed by atoms with E-state index in [0.717, 1.165) is 0 Å². The van der Waals surface area contributed by atoms with E-state index < -0.39 is 15.7 Å². The van der Waals surface area contributed by atoms with Crippen LogP contribution >= 0.6 is 0 Å². The Bertz CT molecular complexity index is 1100. The number of nitrogens with one attached hydrogen (secondary N) is 1. The van der Waals surface area contributed by atoms with E-state index in [0.29, 0.717) is 11.5 Å². The smallest absolute Gasteiger partial charge is 0.255 e. The summed E-state index contributed by atoms with van der Waals surface area (Å²) in [5, 5.41) is 12.5. The highest BCUT2D eigenvalue weighted by Crippen LogP contribution is 2.28. The molecule has 0 bridgehead atoms. The standard InChI is InChI=1S/C20H18N2O5S/c1-2-28(25,26)17-6-7-19(23)18(13-17)22-20(24)14-4-3-5-16(12-14)27-15-8-10-21-11-9-15/h3-13,23H,2H2,1H3,(H,22,24). The Kier molecular flexibility index (Phi) is 5.60. The second-order valence-electron chi connectivity index (χ2n) is 5.85. The van der Waals surface area contributed by atoms with Crippen LogP contribution in [0.5, 0.6) is 17.2 Å². The summed E-state index contributed by atoms with van der Waals surface area (Å²) in [5.41, 5.74) is 0.301. The normalized spacial score (nSPS) is 11.0.